The molecule has 1 saturated heterocycles. The van der Waals surface area contributed by atoms with Gasteiger partial charge < -0.3 is 15.7 Å². The maximum absolute atomic E-state index is 12.9. The number of amides is 1. The van der Waals surface area contributed by atoms with E-state index in [-0.39, 0.29) is 5.91 Å². The normalized spacial score (nSPS) is 26.7. The van der Waals surface area contributed by atoms with Gasteiger partial charge in [0.15, 0.2) is 0 Å². The van der Waals surface area contributed by atoms with Crippen LogP contribution < -0.4 is 5.73 Å². The van der Waals surface area contributed by atoms with Crippen molar-refractivity contribution < 1.29 is 9.90 Å². The largest absolute Gasteiger partial charge is 0.508 e. The van der Waals surface area contributed by atoms with E-state index in [1.165, 1.54) is 12.8 Å². The van der Waals surface area contributed by atoms with E-state index in [4.69, 9.17) is 5.73 Å². The fourth-order valence-corrected chi connectivity index (χ4v) is 4.52. The quantitative estimate of drug-likeness (QED) is 0.856. The highest BCUT2D eigenvalue weighted by Crippen LogP contribution is 2.35. The highest BCUT2D eigenvalue weighted by atomic mass is 16.3. The highest BCUT2D eigenvalue weighted by molar-refractivity contribution is 5.77. The number of hydrogen-bond acceptors (Lipinski definition) is 4. The second kappa shape index (κ2) is 6.96. The first-order valence-electron chi connectivity index (χ1n) is 9.69. The summed E-state index contributed by atoms with van der Waals surface area (Å²) in [6, 6.07) is 6.43. The molecule has 136 valence electrons. The summed E-state index contributed by atoms with van der Waals surface area (Å²) in [5.74, 6) is 1.44. The Bertz CT molecular complexity index is 644. The molecule has 2 heterocycles. The van der Waals surface area contributed by atoms with Crippen LogP contribution in [0.2, 0.25) is 0 Å². The van der Waals surface area contributed by atoms with Gasteiger partial charge in [-0.3, -0.25) is 9.69 Å². The van der Waals surface area contributed by atoms with Crippen molar-refractivity contribution in [2.75, 3.05) is 19.6 Å². The second-order valence-electron chi connectivity index (χ2n) is 7.95. The summed E-state index contributed by atoms with van der Waals surface area (Å²) in [6.45, 7) is 3.15. The molecular formula is C20H29N3O2. The second-order valence-corrected chi connectivity index (χ2v) is 7.95. The molecule has 1 aromatic carbocycles. The van der Waals surface area contributed by atoms with Crippen LogP contribution in [0.15, 0.2) is 18.2 Å². The number of benzene rings is 1. The minimum absolute atomic E-state index is 0.248. The van der Waals surface area contributed by atoms with Crippen LogP contribution in [0.25, 0.3) is 0 Å². The van der Waals surface area contributed by atoms with Gasteiger partial charge in [-0.1, -0.05) is 12.1 Å². The van der Waals surface area contributed by atoms with E-state index in [9.17, 15) is 9.90 Å². The van der Waals surface area contributed by atoms with Gasteiger partial charge in [0.05, 0.1) is 0 Å². The van der Waals surface area contributed by atoms with Crippen LogP contribution in [0.1, 0.15) is 43.2 Å². The molecule has 0 unspecified atom stereocenters. The van der Waals surface area contributed by atoms with Crippen LogP contribution in [0.4, 0.5) is 0 Å². The molecule has 3 N–H and O–H groups in total. The van der Waals surface area contributed by atoms with Crippen molar-refractivity contribution in [3.8, 4) is 5.75 Å². The maximum atomic E-state index is 12.9. The minimum atomic E-state index is 0.248. The third kappa shape index (κ3) is 3.53. The summed E-state index contributed by atoms with van der Waals surface area (Å²) >= 11 is 0. The molecular weight excluding hydrogens is 314 g/mol. The van der Waals surface area contributed by atoms with Gasteiger partial charge in [-0.05, 0) is 49.7 Å². The molecule has 1 saturated carbocycles. The zero-order chi connectivity index (χ0) is 17.4. The predicted molar refractivity (Wildman–Crippen MR) is 97.1 cm³/mol. The van der Waals surface area contributed by atoms with Crippen LogP contribution in [0.3, 0.4) is 0 Å². The first-order chi connectivity index (χ1) is 12.2. The van der Waals surface area contributed by atoms with Crippen LogP contribution in [0.5, 0.6) is 5.75 Å². The number of carbonyl (C=O) groups excluding carboxylic acids is 1. The summed E-state index contributed by atoms with van der Waals surface area (Å²) in [6.07, 6.45) is 6.23. The molecule has 0 radical (unpaired) electrons. The topological polar surface area (TPSA) is 69.8 Å². The lowest BCUT2D eigenvalue weighted by atomic mass is 9.98. The number of phenols is 1. The number of carbonyl (C=O) groups is 1. The Balaban J connectivity index is 1.40. The molecule has 0 bridgehead atoms. The Morgan fingerprint density at radius 2 is 2.00 bits per heavy atom. The molecule has 0 spiro atoms. The van der Waals surface area contributed by atoms with E-state index in [0.29, 0.717) is 43.9 Å². The highest BCUT2D eigenvalue weighted by Gasteiger charge is 2.38. The number of hydrogen-bond donors (Lipinski definition) is 2. The summed E-state index contributed by atoms with van der Waals surface area (Å²) in [7, 11) is 0. The molecule has 2 fully saturated rings. The number of nitrogens with two attached hydrogens (primary N) is 1. The van der Waals surface area contributed by atoms with Crippen molar-refractivity contribution in [2.45, 2.75) is 57.2 Å². The first kappa shape index (κ1) is 16.9. The van der Waals surface area contributed by atoms with E-state index < -0.39 is 0 Å². The molecule has 2 atom stereocenters. The Morgan fingerprint density at radius 1 is 1.20 bits per heavy atom. The smallest absolute Gasteiger partial charge is 0.224 e. The van der Waals surface area contributed by atoms with Gasteiger partial charge in [-0.2, -0.15) is 0 Å². The average Bonchev–Trinajstić information content (AvgIpc) is 3.36. The van der Waals surface area contributed by atoms with Crippen molar-refractivity contribution >= 4 is 5.91 Å². The molecule has 2 aliphatic heterocycles. The van der Waals surface area contributed by atoms with Crippen LogP contribution in [0, 0.1) is 5.92 Å². The van der Waals surface area contributed by atoms with Crippen molar-refractivity contribution in [1.29, 1.82) is 0 Å². The summed E-state index contributed by atoms with van der Waals surface area (Å²) in [5.41, 5.74) is 8.05. The van der Waals surface area contributed by atoms with Crippen molar-refractivity contribution in [1.82, 2.24) is 9.80 Å². The van der Waals surface area contributed by atoms with Gasteiger partial charge in [0.2, 0.25) is 5.91 Å². The molecule has 1 aromatic rings. The van der Waals surface area contributed by atoms with E-state index in [2.05, 4.69) is 4.90 Å². The van der Waals surface area contributed by atoms with E-state index in [0.717, 1.165) is 42.9 Å². The van der Waals surface area contributed by atoms with Gasteiger partial charge >= 0.3 is 0 Å². The average molecular weight is 343 g/mol. The van der Waals surface area contributed by atoms with Crippen LogP contribution in [-0.2, 0) is 17.8 Å². The van der Waals surface area contributed by atoms with Gasteiger partial charge in [-0.15, -0.1) is 0 Å². The molecule has 1 amide bonds. The fraction of sp³-hybridized carbons (Fsp3) is 0.650. The number of phenolic OH excluding ortho intramolecular Hbond substituents is 1. The van der Waals surface area contributed by atoms with E-state index in [1.54, 1.807) is 6.07 Å². The van der Waals surface area contributed by atoms with Crippen molar-refractivity contribution in [3.05, 3.63) is 29.3 Å². The summed E-state index contributed by atoms with van der Waals surface area (Å²) in [4.78, 5) is 17.4. The number of likely N-dealkylation sites (tertiary alicyclic amines) is 1. The lowest BCUT2D eigenvalue weighted by Gasteiger charge is -2.33. The predicted octanol–water partition coefficient (Wildman–Crippen LogP) is 1.87. The Morgan fingerprint density at radius 3 is 2.76 bits per heavy atom. The lowest BCUT2D eigenvalue weighted by molar-refractivity contribution is -0.133. The van der Waals surface area contributed by atoms with Crippen molar-refractivity contribution in [2.24, 2.45) is 11.7 Å². The number of nitrogens with zero attached hydrogens (tertiary/aromatic N) is 2. The molecule has 0 aromatic heterocycles. The minimum Gasteiger partial charge on any atom is -0.508 e. The lowest BCUT2D eigenvalue weighted by Crippen LogP contribution is -2.44. The summed E-state index contributed by atoms with van der Waals surface area (Å²) in [5, 5.41) is 9.97. The third-order valence-electron chi connectivity index (χ3n) is 6.21. The maximum Gasteiger partial charge on any atom is 0.224 e. The van der Waals surface area contributed by atoms with Gasteiger partial charge in [0, 0.05) is 50.2 Å². The van der Waals surface area contributed by atoms with Gasteiger partial charge in [0.25, 0.3) is 0 Å². The fourth-order valence-electron chi connectivity index (χ4n) is 4.52. The zero-order valence-electron chi connectivity index (χ0n) is 14.9. The third-order valence-corrected chi connectivity index (χ3v) is 6.21. The SMILES string of the molecule is NC[C@H]1CC[C@@H](CC(=O)N2CCc3c(O)cccc3C2)N1CC1CC1. The van der Waals surface area contributed by atoms with E-state index in [1.807, 2.05) is 17.0 Å². The molecule has 25 heavy (non-hydrogen) atoms. The molecule has 1 aliphatic carbocycles. The Labute approximate surface area is 149 Å². The number of rotatable bonds is 5. The monoisotopic (exact) mass is 343 g/mol. The first-order valence-corrected chi connectivity index (χ1v) is 9.69. The van der Waals surface area contributed by atoms with E-state index >= 15 is 0 Å². The number of fused-ring (bicyclic) bond motifs is 1. The Kier molecular flexibility index (Phi) is 4.69. The van der Waals surface area contributed by atoms with Gasteiger partial charge in [0.1, 0.15) is 5.75 Å². The zero-order valence-corrected chi connectivity index (χ0v) is 14.9. The van der Waals surface area contributed by atoms with Crippen molar-refractivity contribution in [3.63, 3.8) is 0 Å². The summed E-state index contributed by atoms with van der Waals surface area (Å²) < 4.78 is 0. The molecule has 5 heteroatoms. The number of aromatic hydroxyl groups is 1. The molecule has 3 aliphatic rings. The Hall–Kier alpha value is -1.59. The van der Waals surface area contributed by atoms with Crippen LogP contribution in [-0.4, -0.2) is 52.5 Å². The standard InChI is InChI=1S/C20H29N3O2/c21-11-17-7-6-16(23(17)12-14-4-5-14)10-20(25)22-9-8-18-15(13-22)2-1-3-19(18)24/h1-3,14,16-17,24H,4-13,21H2/t16-,17+/m0/s1. The molecule has 5 nitrogen and oxygen atoms in total. The molecule has 4 rings (SSSR count). The van der Waals surface area contributed by atoms with Gasteiger partial charge in [-0.25, -0.2) is 0 Å². The van der Waals surface area contributed by atoms with Crippen LogP contribution >= 0.6 is 0 Å².